The molecule has 1 aromatic carbocycles. The zero-order valence-electron chi connectivity index (χ0n) is 4.69. The van der Waals surface area contributed by atoms with E-state index in [4.69, 9.17) is 11.6 Å². The van der Waals surface area contributed by atoms with Gasteiger partial charge in [0.05, 0.1) is 0 Å². The van der Waals surface area contributed by atoms with Gasteiger partial charge in [-0.15, -0.1) is 0 Å². The van der Waals surface area contributed by atoms with E-state index >= 15 is 0 Å². The molecule has 0 N–H and O–H groups in total. The van der Waals surface area contributed by atoms with Crippen molar-refractivity contribution in [1.29, 1.82) is 0 Å². The van der Waals surface area contributed by atoms with E-state index in [1.807, 2.05) is 18.2 Å². The second-order valence-corrected chi connectivity index (χ2v) is 1.66. The van der Waals surface area contributed by atoms with Crippen molar-refractivity contribution in [3.8, 4) is 0 Å². The second kappa shape index (κ2) is 4.03. The summed E-state index contributed by atoms with van der Waals surface area (Å²) >= 11 is 5.51. The van der Waals surface area contributed by atoms with Gasteiger partial charge in [-0.3, -0.25) is 0 Å². The summed E-state index contributed by atoms with van der Waals surface area (Å²) in [5.74, 6) is 0. The quantitative estimate of drug-likeness (QED) is 0.307. The Morgan fingerprint density at radius 1 is 1.50 bits per heavy atom. The molecule has 2 heteroatoms. The first-order chi connectivity index (χ1) is 3.39. The van der Waals surface area contributed by atoms with Crippen LogP contribution in [0.25, 0.3) is 0 Å². The molecule has 0 heterocycles. The van der Waals surface area contributed by atoms with Gasteiger partial charge in [0.25, 0.3) is 0 Å². The van der Waals surface area contributed by atoms with Crippen LogP contribution in [-0.2, 0) is 0 Å². The third-order valence-electron chi connectivity index (χ3n) is 0.669. The molecular weight excluding hydrogens is 114 g/mol. The normalized spacial score (nSPS) is 7.62. The van der Waals surface area contributed by atoms with Crippen LogP contribution in [0.1, 0.15) is 0 Å². The predicted molar refractivity (Wildman–Crippen MR) is 30.3 cm³/mol. The molecule has 0 bridgehead atoms. The van der Waals surface area contributed by atoms with Crippen molar-refractivity contribution in [2.75, 3.05) is 0 Å². The van der Waals surface area contributed by atoms with Crippen LogP contribution in [0, 0.1) is 6.07 Å². The van der Waals surface area contributed by atoms with Crippen LogP contribution in [0.3, 0.4) is 0 Å². The van der Waals surface area contributed by atoms with Crippen LogP contribution in [0.2, 0.25) is 5.02 Å². The molecule has 0 spiro atoms. The van der Waals surface area contributed by atoms with Crippen LogP contribution in [0.15, 0.2) is 24.3 Å². The molecule has 0 aliphatic carbocycles. The van der Waals surface area contributed by atoms with Crippen molar-refractivity contribution in [3.05, 3.63) is 35.4 Å². The van der Waals surface area contributed by atoms with E-state index < -0.39 is 0 Å². The Kier molecular flexibility index (Phi) is 4.09. The monoisotopic (exact) mass is 118 g/mol. The first-order valence-electron chi connectivity index (χ1n) is 2.01. The minimum absolute atomic E-state index is 0. The molecule has 0 fully saturated rings. The SMILES string of the molecule is Clc1c[c-]ccc1.[Li+]. The van der Waals surface area contributed by atoms with Gasteiger partial charge in [0.15, 0.2) is 0 Å². The van der Waals surface area contributed by atoms with Crippen LogP contribution in [0.5, 0.6) is 0 Å². The summed E-state index contributed by atoms with van der Waals surface area (Å²) in [6.07, 6.45) is 0. The summed E-state index contributed by atoms with van der Waals surface area (Å²) in [7, 11) is 0. The van der Waals surface area contributed by atoms with Crippen molar-refractivity contribution in [2.24, 2.45) is 0 Å². The third kappa shape index (κ3) is 2.42. The number of hydrogen-bond donors (Lipinski definition) is 0. The molecule has 1 rings (SSSR count). The molecule has 0 atom stereocenters. The van der Waals surface area contributed by atoms with Crippen molar-refractivity contribution in [2.45, 2.75) is 0 Å². The van der Waals surface area contributed by atoms with Crippen LogP contribution in [-0.4, -0.2) is 0 Å². The first kappa shape index (κ1) is 8.11. The van der Waals surface area contributed by atoms with Crippen molar-refractivity contribution in [1.82, 2.24) is 0 Å². The van der Waals surface area contributed by atoms with Gasteiger partial charge in [0.2, 0.25) is 0 Å². The molecule has 0 aromatic heterocycles. The van der Waals surface area contributed by atoms with E-state index in [9.17, 15) is 0 Å². The summed E-state index contributed by atoms with van der Waals surface area (Å²) in [4.78, 5) is 0. The number of hydrogen-bond acceptors (Lipinski definition) is 0. The molecule has 0 aliphatic rings. The molecule has 0 saturated carbocycles. The van der Waals surface area contributed by atoms with Gasteiger partial charge >= 0.3 is 18.9 Å². The van der Waals surface area contributed by atoms with Crippen molar-refractivity contribution >= 4 is 11.6 Å². The molecule has 0 nitrogen and oxygen atoms in total. The Labute approximate surface area is 66.0 Å². The number of rotatable bonds is 0. The van der Waals surface area contributed by atoms with Crippen molar-refractivity contribution in [3.63, 3.8) is 0 Å². The average molecular weight is 118 g/mol. The summed E-state index contributed by atoms with van der Waals surface area (Å²) < 4.78 is 0. The fourth-order valence-electron chi connectivity index (χ4n) is 0.371. The van der Waals surface area contributed by atoms with E-state index in [1.54, 1.807) is 6.07 Å². The van der Waals surface area contributed by atoms with E-state index in [1.165, 1.54) is 0 Å². The zero-order valence-corrected chi connectivity index (χ0v) is 5.44. The molecule has 8 heavy (non-hydrogen) atoms. The van der Waals surface area contributed by atoms with Crippen LogP contribution in [0.4, 0.5) is 0 Å². The number of halogens is 1. The summed E-state index contributed by atoms with van der Waals surface area (Å²) in [5, 5.41) is 0.738. The summed E-state index contributed by atoms with van der Waals surface area (Å²) in [5.41, 5.74) is 0. The Morgan fingerprint density at radius 2 is 2.25 bits per heavy atom. The third-order valence-corrected chi connectivity index (χ3v) is 0.904. The molecule has 1 aromatic rings. The van der Waals surface area contributed by atoms with Gasteiger partial charge in [0, 0.05) is 0 Å². The fraction of sp³-hybridized carbons (Fsp3) is 0. The molecule has 0 amide bonds. The van der Waals surface area contributed by atoms with E-state index in [-0.39, 0.29) is 18.9 Å². The van der Waals surface area contributed by atoms with E-state index in [0.717, 1.165) is 5.02 Å². The van der Waals surface area contributed by atoms with Crippen LogP contribution < -0.4 is 18.9 Å². The van der Waals surface area contributed by atoms with Gasteiger partial charge in [-0.1, -0.05) is 5.02 Å². The van der Waals surface area contributed by atoms with Gasteiger partial charge in [-0.05, 0) is 0 Å². The largest absolute Gasteiger partial charge is 1.00 e. The smallest absolute Gasteiger partial charge is 0.182 e. The Bertz CT molecular complexity index is 138. The number of benzene rings is 1. The molecule has 0 radical (unpaired) electrons. The standard InChI is InChI=1S/C6H4Cl.Li/c7-6-4-2-1-3-5-6;/h1-2,4-5H;/q-1;+1. The summed E-state index contributed by atoms with van der Waals surface area (Å²) in [6, 6.07) is 10.0. The van der Waals surface area contributed by atoms with Crippen molar-refractivity contribution < 1.29 is 18.9 Å². The van der Waals surface area contributed by atoms with Gasteiger partial charge < -0.3 is 0 Å². The van der Waals surface area contributed by atoms with E-state index in [0.29, 0.717) is 0 Å². The minimum atomic E-state index is 0. The Balaban J connectivity index is 0.000000490. The molecule has 0 saturated heterocycles. The minimum Gasteiger partial charge on any atom is -0.182 e. The first-order valence-corrected chi connectivity index (χ1v) is 2.39. The Morgan fingerprint density at radius 3 is 2.50 bits per heavy atom. The predicted octanol–water partition coefficient (Wildman–Crippen LogP) is -0.856. The van der Waals surface area contributed by atoms with Gasteiger partial charge in [-0.2, -0.15) is 41.9 Å². The molecule has 0 aliphatic heterocycles. The van der Waals surface area contributed by atoms with Crippen LogP contribution >= 0.6 is 11.6 Å². The Hall–Kier alpha value is 0.107. The fourth-order valence-corrected chi connectivity index (χ4v) is 0.507. The van der Waals surface area contributed by atoms with Gasteiger partial charge in [-0.25, -0.2) is 0 Å². The van der Waals surface area contributed by atoms with E-state index in [2.05, 4.69) is 6.07 Å². The average Bonchev–Trinajstić information content (AvgIpc) is 1.69. The second-order valence-electron chi connectivity index (χ2n) is 1.22. The summed E-state index contributed by atoms with van der Waals surface area (Å²) in [6.45, 7) is 0. The maximum absolute atomic E-state index is 5.51. The zero-order chi connectivity index (χ0) is 5.11. The topological polar surface area (TPSA) is 0 Å². The maximum Gasteiger partial charge on any atom is 1.00 e. The molecular formula is C6H4ClLi. The van der Waals surface area contributed by atoms with Gasteiger partial charge in [0.1, 0.15) is 0 Å². The molecule has 0 unspecified atom stereocenters. The maximum atomic E-state index is 5.51. The molecule has 36 valence electrons.